The predicted octanol–water partition coefficient (Wildman–Crippen LogP) is 1.78. The molecule has 1 unspecified atom stereocenters. The molecule has 0 radical (unpaired) electrons. The van der Waals surface area contributed by atoms with E-state index in [-0.39, 0.29) is 5.91 Å². The number of hydrogen-bond acceptors (Lipinski definition) is 2. The standard InChI is InChI=1S/C13H13NO2/c1-9-6-7-13(12(15)14-9)8-10-4-2-3-5-11(10)16-13/h2-5H,1,6-8H2,(H,14,15). The van der Waals surface area contributed by atoms with Crippen LogP contribution in [-0.4, -0.2) is 11.5 Å². The van der Waals surface area contributed by atoms with Crippen LogP contribution in [-0.2, 0) is 11.2 Å². The Hall–Kier alpha value is -1.77. The van der Waals surface area contributed by atoms with Crippen LogP contribution >= 0.6 is 0 Å². The molecule has 2 aliphatic rings. The van der Waals surface area contributed by atoms with Crippen LogP contribution in [0.4, 0.5) is 0 Å². The molecule has 1 saturated heterocycles. The summed E-state index contributed by atoms with van der Waals surface area (Å²) in [5.41, 5.74) is 1.21. The Balaban J connectivity index is 1.94. The summed E-state index contributed by atoms with van der Waals surface area (Å²) in [6.45, 7) is 3.78. The molecule has 1 aromatic rings. The first-order chi connectivity index (χ1) is 7.70. The van der Waals surface area contributed by atoms with Crippen molar-refractivity contribution in [3.05, 3.63) is 42.1 Å². The number of amides is 1. The maximum atomic E-state index is 12.0. The van der Waals surface area contributed by atoms with E-state index in [2.05, 4.69) is 11.9 Å². The molecule has 1 atom stereocenters. The van der Waals surface area contributed by atoms with Gasteiger partial charge in [-0.05, 0) is 18.1 Å². The molecule has 1 amide bonds. The van der Waals surface area contributed by atoms with Crippen molar-refractivity contribution in [3.63, 3.8) is 0 Å². The quantitative estimate of drug-likeness (QED) is 0.716. The molecule has 0 saturated carbocycles. The van der Waals surface area contributed by atoms with Gasteiger partial charge in [0, 0.05) is 18.5 Å². The lowest BCUT2D eigenvalue weighted by atomic mass is 9.88. The fourth-order valence-corrected chi connectivity index (χ4v) is 2.37. The van der Waals surface area contributed by atoms with E-state index in [0.717, 1.165) is 23.4 Å². The molecule has 82 valence electrons. The van der Waals surface area contributed by atoms with Crippen LogP contribution in [0.1, 0.15) is 18.4 Å². The Morgan fingerprint density at radius 3 is 2.94 bits per heavy atom. The van der Waals surface area contributed by atoms with E-state index in [9.17, 15) is 4.79 Å². The molecule has 0 aromatic heterocycles. The second kappa shape index (κ2) is 3.11. The number of benzene rings is 1. The van der Waals surface area contributed by atoms with Crippen molar-refractivity contribution in [1.29, 1.82) is 0 Å². The summed E-state index contributed by atoms with van der Waals surface area (Å²) in [6, 6.07) is 7.83. The van der Waals surface area contributed by atoms with Crippen LogP contribution in [0.15, 0.2) is 36.5 Å². The van der Waals surface area contributed by atoms with E-state index in [1.54, 1.807) is 0 Å². The summed E-state index contributed by atoms with van der Waals surface area (Å²) in [4.78, 5) is 12.0. The van der Waals surface area contributed by atoms with Crippen LogP contribution in [0, 0.1) is 0 Å². The highest BCUT2D eigenvalue weighted by molar-refractivity contribution is 5.89. The topological polar surface area (TPSA) is 38.3 Å². The molecule has 2 heterocycles. The Labute approximate surface area is 94.1 Å². The molecule has 0 bridgehead atoms. The number of piperidine rings is 1. The molecule has 16 heavy (non-hydrogen) atoms. The lowest BCUT2D eigenvalue weighted by molar-refractivity contribution is -0.137. The largest absolute Gasteiger partial charge is 0.477 e. The molecular formula is C13H13NO2. The first-order valence-corrected chi connectivity index (χ1v) is 5.46. The Morgan fingerprint density at radius 1 is 1.38 bits per heavy atom. The van der Waals surface area contributed by atoms with Gasteiger partial charge >= 0.3 is 0 Å². The molecule has 3 nitrogen and oxygen atoms in total. The van der Waals surface area contributed by atoms with E-state index >= 15 is 0 Å². The zero-order valence-corrected chi connectivity index (χ0v) is 8.95. The zero-order valence-electron chi connectivity index (χ0n) is 8.95. The van der Waals surface area contributed by atoms with Gasteiger partial charge in [0.05, 0.1) is 0 Å². The number of hydrogen-bond donors (Lipinski definition) is 1. The third-order valence-corrected chi connectivity index (χ3v) is 3.29. The van der Waals surface area contributed by atoms with E-state index in [1.165, 1.54) is 0 Å². The maximum absolute atomic E-state index is 12.0. The van der Waals surface area contributed by atoms with Crippen molar-refractivity contribution >= 4 is 5.91 Å². The molecule has 3 heteroatoms. The minimum atomic E-state index is -0.690. The highest BCUT2D eigenvalue weighted by Crippen LogP contribution is 2.39. The number of carbonyl (C=O) groups is 1. The lowest BCUT2D eigenvalue weighted by Gasteiger charge is -2.32. The molecule has 2 aliphatic heterocycles. The van der Waals surface area contributed by atoms with Crippen molar-refractivity contribution < 1.29 is 9.53 Å². The molecule has 3 rings (SSSR count). The third kappa shape index (κ3) is 1.24. The van der Waals surface area contributed by atoms with Crippen molar-refractivity contribution in [3.8, 4) is 5.75 Å². The number of ether oxygens (including phenoxy) is 1. The molecule has 1 fully saturated rings. The van der Waals surface area contributed by atoms with Crippen LogP contribution in [0.2, 0.25) is 0 Å². The normalized spacial score (nSPS) is 27.5. The van der Waals surface area contributed by atoms with Crippen molar-refractivity contribution in [2.45, 2.75) is 24.9 Å². The van der Waals surface area contributed by atoms with Gasteiger partial charge in [-0.2, -0.15) is 0 Å². The SMILES string of the molecule is C=C1CCC2(Cc3ccccc3O2)C(=O)N1. The number of carbonyl (C=O) groups excluding carboxylic acids is 1. The number of nitrogens with one attached hydrogen (secondary N) is 1. The lowest BCUT2D eigenvalue weighted by Crippen LogP contribution is -2.53. The van der Waals surface area contributed by atoms with Gasteiger partial charge in [0.15, 0.2) is 5.60 Å². The predicted molar refractivity (Wildman–Crippen MR) is 60.0 cm³/mol. The second-order valence-corrected chi connectivity index (χ2v) is 4.44. The van der Waals surface area contributed by atoms with Gasteiger partial charge in [0.25, 0.3) is 5.91 Å². The maximum Gasteiger partial charge on any atom is 0.268 e. The number of allylic oxidation sites excluding steroid dienone is 1. The highest BCUT2D eigenvalue weighted by atomic mass is 16.5. The summed E-state index contributed by atoms with van der Waals surface area (Å²) in [5, 5.41) is 2.79. The monoisotopic (exact) mass is 215 g/mol. The Kier molecular flexibility index (Phi) is 1.84. The summed E-state index contributed by atoms with van der Waals surface area (Å²) < 4.78 is 5.84. The zero-order chi connectivity index (χ0) is 11.2. The first-order valence-electron chi connectivity index (χ1n) is 5.46. The summed E-state index contributed by atoms with van der Waals surface area (Å²) >= 11 is 0. The Bertz CT molecular complexity index is 454. The van der Waals surface area contributed by atoms with Gasteiger partial charge in [-0.1, -0.05) is 24.8 Å². The molecule has 1 aromatic carbocycles. The van der Waals surface area contributed by atoms with Crippen LogP contribution < -0.4 is 10.1 Å². The molecule has 0 aliphatic carbocycles. The smallest absolute Gasteiger partial charge is 0.268 e. The van der Waals surface area contributed by atoms with Gasteiger partial charge < -0.3 is 10.1 Å². The molecule has 1 N–H and O–H groups in total. The fraction of sp³-hybridized carbons (Fsp3) is 0.308. The van der Waals surface area contributed by atoms with Crippen molar-refractivity contribution in [2.75, 3.05) is 0 Å². The van der Waals surface area contributed by atoms with E-state index in [0.29, 0.717) is 12.8 Å². The average molecular weight is 215 g/mol. The average Bonchev–Trinajstić information content (AvgIpc) is 2.64. The van der Waals surface area contributed by atoms with E-state index in [1.807, 2.05) is 24.3 Å². The number of rotatable bonds is 0. The summed E-state index contributed by atoms with van der Waals surface area (Å²) in [7, 11) is 0. The van der Waals surface area contributed by atoms with Gasteiger partial charge in [-0.15, -0.1) is 0 Å². The molecule has 1 spiro atoms. The minimum absolute atomic E-state index is 0.0556. The highest BCUT2D eigenvalue weighted by Gasteiger charge is 2.47. The fourth-order valence-electron chi connectivity index (χ4n) is 2.37. The van der Waals surface area contributed by atoms with Crippen LogP contribution in [0.25, 0.3) is 0 Å². The number of fused-ring (bicyclic) bond motifs is 1. The van der Waals surface area contributed by atoms with Crippen LogP contribution in [0.5, 0.6) is 5.75 Å². The summed E-state index contributed by atoms with van der Waals surface area (Å²) in [6.07, 6.45) is 2.17. The van der Waals surface area contributed by atoms with Crippen LogP contribution in [0.3, 0.4) is 0 Å². The van der Waals surface area contributed by atoms with E-state index in [4.69, 9.17) is 4.74 Å². The van der Waals surface area contributed by atoms with Gasteiger partial charge in [-0.3, -0.25) is 4.79 Å². The van der Waals surface area contributed by atoms with Crippen molar-refractivity contribution in [2.24, 2.45) is 0 Å². The van der Waals surface area contributed by atoms with Crippen molar-refractivity contribution in [1.82, 2.24) is 5.32 Å². The third-order valence-electron chi connectivity index (χ3n) is 3.29. The molecular weight excluding hydrogens is 202 g/mol. The van der Waals surface area contributed by atoms with E-state index < -0.39 is 5.60 Å². The van der Waals surface area contributed by atoms with Gasteiger partial charge in [0.2, 0.25) is 0 Å². The van der Waals surface area contributed by atoms with Gasteiger partial charge in [0.1, 0.15) is 5.75 Å². The Morgan fingerprint density at radius 2 is 2.19 bits per heavy atom. The number of para-hydroxylation sites is 1. The first kappa shape index (κ1) is 9.46. The summed E-state index contributed by atoms with van der Waals surface area (Å²) in [5.74, 6) is 0.783. The second-order valence-electron chi connectivity index (χ2n) is 4.44. The van der Waals surface area contributed by atoms with Gasteiger partial charge in [-0.25, -0.2) is 0 Å². The minimum Gasteiger partial charge on any atom is -0.477 e.